The molecule has 0 saturated heterocycles. The molecule has 0 aliphatic heterocycles. The fourth-order valence-electron chi connectivity index (χ4n) is 2.20. The highest BCUT2D eigenvalue weighted by atomic mass is 19.2. The summed E-state index contributed by atoms with van der Waals surface area (Å²) >= 11 is 0. The Morgan fingerprint density at radius 1 is 1.19 bits per heavy atom. The number of nitrogen functional groups attached to an aromatic ring is 1. The Kier molecular flexibility index (Phi) is 3.39. The summed E-state index contributed by atoms with van der Waals surface area (Å²) in [5.41, 5.74) is 5.27. The molecule has 2 rings (SSSR count). The first-order chi connectivity index (χ1) is 10.1. The van der Waals surface area contributed by atoms with Crippen molar-refractivity contribution in [2.75, 3.05) is 12.6 Å². The van der Waals surface area contributed by atoms with Gasteiger partial charge in [-0.15, -0.1) is 0 Å². The summed E-state index contributed by atoms with van der Waals surface area (Å²) in [6.07, 6.45) is 0. The van der Waals surface area contributed by atoms with E-state index in [4.69, 9.17) is 7.10 Å². The van der Waals surface area contributed by atoms with Crippen LogP contribution >= 0.6 is 0 Å². The van der Waals surface area contributed by atoms with Gasteiger partial charge in [0.25, 0.3) is 0 Å². The second-order valence-electron chi connectivity index (χ2n) is 5.66. The summed E-state index contributed by atoms with van der Waals surface area (Å²) in [5.74, 6) is -5.75. The molecule has 0 radical (unpaired) electrons. The lowest BCUT2D eigenvalue weighted by Gasteiger charge is -2.24. The molecular weight excluding hydrogens is 286 g/mol. The molecule has 2 N–H and O–H groups in total. The van der Waals surface area contributed by atoms with E-state index in [1.54, 1.807) is 20.8 Å². The van der Waals surface area contributed by atoms with Gasteiger partial charge in [0.15, 0.2) is 17.4 Å². The van der Waals surface area contributed by atoms with Gasteiger partial charge in [-0.05, 0) is 23.1 Å². The Balaban J connectivity index is 3.14. The summed E-state index contributed by atoms with van der Waals surface area (Å²) < 4.78 is 66.8. The van der Waals surface area contributed by atoms with Gasteiger partial charge < -0.3 is 10.5 Å². The fourth-order valence-corrected chi connectivity index (χ4v) is 2.20. The van der Waals surface area contributed by atoms with E-state index in [0.29, 0.717) is 5.56 Å². The van der Waals surface area contributed by atoms with Gasteiger partial charge in [-0.1, -0.05) is 20.8 Å². The molecule has 0 bridgehead atoms. The molecule has 2 aromatic rings. The first kappa shape index (κ1) is 14.0. The molecule has 0 atom stereocenters. The van der Waals surface area contributed by atoms with Crippen LogP contribution in [0.4, 0.5) is 23.2 Å². The first-order valence-electron chi connectivity index (χ1n) is 6.69. The number of nitrogens with two attached hydrogens (primary N) is 1. The maximum atomic E-state index is 14.1. The highest BCUT2D eigenvalue weighted by Crippen LogP contribution is 2.41. The fraction of sp³-hybridized carbons (Fsp3) is 0.333. The topological polar surface area (TPSA) is 35.2 Å². The van der Waals surface area contributed by atoms with Gasteiger partial charge in [0.05, 0.1) is 1.37 Å². The number of ether oxygens (including phenoxy) is 1. The highest BCUT2D eigenvalue weighted by Gasteiger charge is 2.27. The van der Waals surface area contributed by atoms with Crippen molar-refractivity contribution in [3.8, 4) is 5.75 Å². The molecule has 0 aromatic heterocycles. The first-order valence-corrected chi connectivity index (χ1v) is 6.19. The van der Waals surface area contributed by atoms with Crippen LogP contribution in [0, 0.1) is 17.5 Å². The Bertz CT molecular complexity index is 756. The van der Waals surface area contributed by atoms with E-state index in [1.165, 1.54) is 6.07 Å². The van der Waals surface area contributed by atoms with E-state index in [2.05, 4.69) is 4.74 Å². The zero-order chi connectivity index (χ0) is 16.8. The second kappa shape index (κ2) is 5.09. The molecule has 0 unspecified atom stereocenters. The highest BCUT2D eigenvalue weighted by molar-refractivity contribution is 5.95. The normalized spacial score (nSPS) is 12.6. The Morgan fingerprint density at radius 2 is 1.81 bits per heavy atom. The van der Waals surface area contributed by atoms with Crippen molar-refractivity contribution in [2.45, 2.75) is 26.2 Å². The third-order valence-electron chi connectivity index (χ3n) is 3.13. The molecule has 6 heteroatoms. The summed E-state index contributed by atoms with van der Waals surface area (Å²) in [6.45, 7) is 3.80. The minimum atomic E-state index is -1.82. The molecule has 0 saturated carbocycles. The quantitative estimate of drug-likeness (QED) is 0.505. The number of hydrogen-bond acceptors (Lipinski definition) is 2. The average molecular weight is 302 g/mol. The third-order valence-corrected chi connectivity index (χ3v) is 3.13. The van der Waals surface area contributed by atoms with Crippen molar-refractivity contribution in [3.63, 3.8) is 0 Å². The summed E-state index contributed by atoms with van der Waals surface area (Å²) in [5, 5.41) is -0.701. The van der Waals surface area contributed by atoms with Crippen LogP contribution in [0.5, 0.6) is 5.75 Å². The molecule has 21 heavy (non-hydrogen) atoms. The predicted octanol–water partition coefficient (Wildman–Crippen LogP) is 4.44. The lowest BCUT2D eigenvalue weighted by atomic mass is 9.83. The van der Waals surface area contributed by atoms with Crippen molar-refractivity contribution in [3.05, 3.63) is 35.1 Å². The molecular formula is C15H15F4NO. The minimum Gasteiger partial charge on any atom is -0.459 e. The smallest absolute Gasteiger partial charge is 0.228 e. The maximum Gasteiger partial charge on any atom is 0.228 e. The van der Waals surface area contributed by atoms with E-state index < -0.39 is 46.9 Å². The Hall–Kier alpha value is -1.98. The van der Waals surface area contributed by atoms with Crippen molar-refractivity contribution < 1.29 is 23.7 Å². The van der Waals surface area contributed by atoms with Crippen molar-refractivity contribution >= 4 is 16.5 Å². The molecule has 0 amide bonds. The van der Waals surface area contributed by atoms with Crippen molar-refractivity contribution in [2.24, 2.45) is 0 Å². The minimum absolute atomic E-state index is 0.0893. The van der Waals surface area contributed by atoms with Crippen LogP contribution in [0.2, 0.25) is 0 Å². The summed E-state index contributed by atoms with van der Waals surface area (Å²) in [6, 6.07) is 0.870. The second-order valence-corrected chi connectivity index (χ2v) is 5.66. The lowest BCUT2D eigenvalue weighted by molar-refractivity contribution is 0.184. The van der Waals surface area contributed by atoms with Gasteiger partial charge in [0.2, 0.25) is 12.7 Å². The van der Waals surface area contributed by atoms with Crippen LogP contribution in [-0.4, -0.2) is 6.86 Å². The standard InChI is InChI=1S/C15H15F4NO/c1-15(2,3)9-5-7(20)4-8-10(9)14(21-6-16)13(19)12(18)11(8)17/h4-5H,6,20H2,1-3H3/i4D. The van der Waals surface area contributed by atoms with Crippen LogP contribution in [0.25, 0.3) is 10.8 Å². The van der Waals surface area contributed by atoms with Gasteiger partial charge in [0.1, 0.15) is 0 Å². The van der Waals surface area contributed by atoms with E-state index >= 15 is 0 Å². The number of alkyl halides is 1. The zero-order valence-electron chi connectivity index (χ0n) is 12.8. The third kappa shape index (κ3) is 2.50. The zero-order valence-corrected chi connectivity index (χ0v) is 11.8. The molecule has 0 heterocycles. The largest absolute Gasteiger partial charge is 0.459 e. The Labute approximate surface area is 120 Å². The molecule has 2 nitrogen and oxygen atoms in total. The van der Waals surface area contributed by atoms with Crippen LogP contribution in [0.15, 0.2) is 12.1 Å². The van der Waals surface area contributed by atoms with Gasteiger partial charge in [-0.2, -0.15) is 4.39 Å². The number of anilines is 1. The molecule has 2 aromatic carbocycles. The lowest BCUT2D eigenvalue weighted by Crippen LogP contribution is -2.14. The summed E-state index contributed by atoms with van der Waals surface area (Å²) in [7, 11) is 0. The number of rotatable bonds is 2. The van der Waals surface area contributed by atoms with Crippen LogP contribution in [0.3, 0.4) is 0 Å². The molecule has 0 spiro atoms. The number of halogens is 4. The van der Waals surface area contributed by atoms with E-state index in [9.17, 15) is 17.6 Å². The van der Waals surface area contributed by atoms with Gasteiger partial charge in [-0.25, -0.2) is 13.2 Å². The van der Waals surface area contributed by atoms with E-state index in [1.807, 2.05) is 0 Å². The van der Waals surface area contributed by atoms with Gasteiger partial charge in [-0.3, -0.25) is 0 Å². The van der Waals surface area contributed by atoms with Gasteiger partial charge >= 0.3 is 0 Å². The van der Waals surface area contributed by atoms with Crippen LogP contribution in [-0.2, 0) is 5.41 Å². The van der Waals surface area contributed by atoms with Crippen molar-refractivity contribution in [1.82, 2.24) is 0 Å². The van der Waals surface area contributed by atoms with Crippen LogP contribution in [0.1, 0.15) is 27.7 Å². The molecule has 114 valence electrons. The number of fused-ring (bicyclic) bond motifs is 1. The summed E-state index contributed by atoms with van der Waals surface area (Å²) in [4.78, 5) is 0. The Morgan fingerprint density at radius 3 is 2.33 bits per heavy atom. The molecule has 0 aliphatic rings. The average Bonchev–Trinajstić information content (AvgIpc) is 2.42. The predicted molar refractivity (Wildman–Crippen MR) is 73.5 cm³/mol. The maximum absolute atomic E-state index is 14.1. The van der Waals surface area contributed by atoms with Crippen LogP contribution < -0.4 is 10.5 Å². The van der Waals surface area contributed by atoms with Gasteiger partial charge in [0, 0.05) is 16.5 Å². The van der Waals surface area contributed by atoms with E-state index in [0.717, 1.165) is 0 Å². The van der Waals surface area contributed by atoms with Crippen molar-refractivity contribution in [1.29, 1.82) is 0 Å². The van der Waals surface area contributed by atoms with E-state index in [-0.39, 0.29) is 11.1 Å². The number of benzene rings is 2. The monoisotopic (exact) mass is 302 g/mol. The SMILES string of the molecule is [2H]c1c(N)cc(C(C)(C)C)c2c(OCF)c(F)c(F)c(F)c12. The molecule has 0 fully saturated rings. The number of hydrogen-bond donors (Lipinski definition) is 1. The molecule has 0 aliphatic carbocycles.